The van der Waals surface area contributed by atoms with Gasteiger partial charge in [-0.2, -0.15) is 0 Å². The number of ether oxygens (including phenoxy) is 1. The lowest BCUT2D eigenvalue weighted by atomic mass is 10.1. The zero-order valence-corrected chi connectivity index (χ0v) is 11.2. The fourth-order valence-corrected chi connectivity index (χ4v) is 2.73. The van der Waals surface area contributed by atoms with Gasteiger partial charge in [-0.15, -0.1) is 0 Å². The van der Waals surface area contributed by atoms with E-state index in [1.165, 1.54) is 0 Å². The van der Waals surface area contributed by atoms with Crippen molar-refractivity contribution >= 4 is 28.4 Å². The standard InChI is InChI=1S/C14H15ClN2O2/c15-11-2-1-3-12-14(11)10(9-16-12)8-13(18)17-4-6-19-7-5-17/h1-3,9,16H,4-8H2. The van der Waals surface area contributed by atoms with Crippen molar-refractivity contribution in [2.45, 2.75) is 6.42 Å². The van der Waals surface area contributed by atoms with Gasteiger partial charge in [-0.05, 0) is 17.7 Å². The molecule has 2 heterocycles. The molecule has 1 aliphatic rings. The Kier molecular flexibility index (Phi) is 3.44. The van der Waals surface area contributed by atoms with Crippen LogP contribution in [0, 0.1) is 0 Å². The van der Waals surface area contributed by atoms with Gasteiger partial charge in [0.1, 0.15) is 0 Å². The highest BCUT2D eigenvalue weighted by molar-refractivity contribution is 6.35. The summed E-state index contributed by atoms with van der Waals surface area (Å²) in [6, 6.07) is 5.71. The third-order valence-electron chi connectivity index (χ3n) is 3.44. The Morgan fingerprint density at radius 3 is 2.95 bits per heavy atom. The largest absolute Gasteiger partial charge is 0.378 e. The Balaban J connectivity index is 1.83. The minimum absolute atomic E-state index is 0.129. The molecule has 1 saturated heterocycles. The Morgan fingerprint density at radius 1 is 1.37 bits per heavy atom. The topological polar surface area (TPSA) is 45.3 Å². The molecule has 2 aromatic rings. The molecule has 0 unspecified atom stereocenters. The number of aromatic nitrogens is 1. The van der Waals surface area contributed by atoms with Crippen LogP contribution in [-0.4, -0.2) is 42.1 Å². The van der Waals surface area contributed by atoms with Crippen molar-refractivity contribution in [3.8, 4) is 0 Å². The second kappa shape index (κ2) is 5.23. The highest BCUT2D eigenvalue weighted by atomic mass is 35.5. The summed E-state index contributed by atoms with van der Waals surface area (Å²) in [4.78, 5) is 17.2. The number of hydrogen-bond donors (Lipinski definition) is 1. The van der Waals surface area contributed by atoms with Gasteiger partial charge < -0.3 is 14.6 Å². The average Bonchev–Trinajstić information content (AvgIpc) is 2.84. The first kappa shape index (κ1) is 12.5. The van der Waals surface area contributed by atoms with Crippen molar-refractivity contribution in [2.24, 2.45) is 0 Å². The number of H-pyrrole nitrogens is 1. The molecule has 100 valence electrons. The van der Waals surface area contributed by atoms with Crippen LogP contribution in [0.1, 0.15) is 5.56 Å². The van der Waals surface area contributed by atoms with E-state index in [2.05, 4.69) is 4.98 Å². The summed E-state index contributed by atoms with van der Waals surface area (Å²) in [6.45, 7) is 2.60. The predicted molar refractivity (Wildman–Crippen MR) is 74.4 cm³/mol. The summed E-state index contributed by atoms with van der Waals surface area (Å²) in [6.07, 6.45) is 2.25. The number of rotatable bonds is 2. The quantitative estimate of drug-likeness (QED) is 0.916. The van der Waals surface area contributed by atoms with Gasteiger partial charge in [-0.25, -0.2) is 0 Å². The molecular formula is C14H15ClN2O2. The van der Waals surface area contributed by atoms with Gasteiger partial charge in [0.25, 0.3) is 0 Å². The number of carbonyl (C=O) groups is 1. The van der Waals surface area contributed by atoms with Crippen LogP contribution in [0.4, 0.5) is 0 Å². The number of fused-ring (bicyclic) bond motifs is 1. The summed E-state index contributed by atoms with van der Waals surface area (Å²) >= 11 is 6.21. The van der Waals surface area contributed by atoms with E-state index in [9.17, 15) is 4.79 Å². The fraction of sp³-hybridized carbons (Fsp3) is 0.357. The van der Waals surface area contributed by atoms with Gasteiger partial charge in [0, 0.05) is 30.2 Å². The maximum Gasteiger partial charge on any atom is 0.227 e. The van der Waals surface area contributed by atoms with Gasteiger partial charge in [0.2, 0.25) is 5.91 Å². The maximum absolute atomic E-state index is 12.2. The summed E-state index contributed by atoms with van der Waals surface area (Å²) in [5.74, 6) is 0.129. The van der Waals surface area contributed by atoms with Crippen LogP contribution < -0.4 is 0 Å². The molecule has 0 bridgehead atoms. The van der Waals surface area contributed by atoms with E-state index in [1.807, 2.05) is 29.3 Å². The van der Waals surface area contributed by atoms with Crippen molar-refractivity contribution in [1.82, 2.24) is 9.88 Å². The number of hydrogen-bond acceptors (Lipinski definition) is 2. The first-order valence-electron chi connectivity index (χ1n) is 6.35. The molecule has 0 saturated carbocycles. The zero-order valence-electron chi connectivity index (χ0n) is 10.5. The number of morpholine rings is 1. The SMILES string of the molecule is O=C(Cc1c[nH]c2cccc(Cl)c12)N1CCOCC1. The molecule has 1 amide bonds. The Labute approximate surface area is 116 Å². The third-order valence-corrected chi connectivity index (χ3v) is 3.76. The number of nitrogens with one attached hydrogen (secondary N) is 1. The van der Waals surface area contributed by atoms with Crippen LogP contribution in [0.2, 0.25) is 5.02 Å². The Bertz CT molecular complexity index is 603. The molecule has 4 nitrogen and oxygen atoms in total. The van der Waals surface area contributed by atoms with E-state index in [4.69, 9.17) is 16.3 Å². The maximum atomic E-state index is 12.2. The monoisotopic (exact) mass is 278 g/mol. The number of carbonyl (C=O) groups excluding carboxylic acids is 1. The average molecular weight is 279 g/mol. The van der Waals surface area contributed by atoms with Crippen molar-refractivity contribution in [2.75, 3.05) is 26.3 Å². The minimum Gasteiger partial charge on any atom is -0.378 e. The highest BCUT2D eigenvalue weighted by Crippen LogP contribution is 2.27. The van der Waals surface area contributed by atoms with Crippen molar-refractivity contribution in [3.05, 3.63) is 35.0 Å². The van der Waals surface area contributed by atoms with Crippen LogP contribution in [-0.2, 0) is 16.0 Å². The van der Waals surface area contributed by atoms with E-state index in [0.717, 1.165) is 16.5 Å². The lowest BCUT2D eigenvalue weighted by Crippen LogP contribution is -2.41. The van der Waals surface area contributed by atoms with E-state index >= 15 is 0 Å². The number of benzene rings is 1. The molecule has 0 aliphatic carbocycles. The molecule has 19 heavy (non-hydrogen) atoms. The Hall–Kier alpha value is -1.52. The van der Waals surface area contributed by atoms with Crippen molar-refractivity contribution in [1.29, 1.82) is 0 Å². The number of amides is 1. The number of halogens is 1. The van der Waals surface area contributed by atoms with Crippen LogP contribution in [0.3, 0.4) is 0 Å². The predicted octanol–water partition coefficient (Wildman–Crippen LogP) is 2.22. The lowest BCUT2D eigenvalue weighted by molar-refractivity contribution is -0.134. The first-order valence-corrected chi connectivity index (χ1v) is 6.73. The van der Waals surface area contributed by atoms with E-state index in [1.54, 1.807) is 0 Å². The van der Waals surface area contributed by atoms with Gasteiger partial charge >= 0.3 is 0 Å². The number of aromatic amines is 1. The van der Waals surface area contributed by atoms with E-state index in [-0.39, 0.29) is 5.91 Å². The molecule has 0 atom stereocenters. The van der Waals surface area contributed by atoms with Gasteiger partial charge in [-0.1, -0.05) is 17.7 Å². The van der Waals surface area contributed by atoms with Gasteiger partial charge in [0.05, 0.1) is 24.7 Å². The molecule has 1 aromatic heterocycles. The minimum atomic E-state index is 0.129. The molecule has 5 heteroatoms. The third kappa shape index (κ3) is 2.46. The summed E-state index contributed by atoms with van der Waals surface area (Å²) in [7, 11) is 0. The summed E-state index contributed by atoms with van der Waals surface area (Å²) < 4.78 is 5.25. The van der Waals surface area contributed by atoms with Crippen LogP contribution in [0.25, 0.3) is 10.9 Å². The molecule has 0 spiro atoms. The zero-order chi connectivity index (χ0) is 13.2. The van der Waals surface area contributed by atoms with Crippen LogP contribution >= 0.6 is 11.6 Å². The second-order valence-corrected chi connectivity index (χ2v) is 5.05. The van der Waals surface area contributed by atoms with Crippen LogP contribution in [0.5, 0.6) is 0 Å². The molecular weight excluding hydrogens is 264 g/mol. The van der Waals surface area contributed by atoms with Crippen LogP contribution in [0.15, 0.2) is 24.4 Å². The fourth-order valence-electron chi connectivity index (χ4n) is 2.43. The van der Waals surface area contributed by atoms with E-state index in [0.29, 0.717) is 37.7 Å². The lowest BCUT2D eigenvalue weighted by Gasteiger charge is -2.26. The molecule has 1 aromatic carbocycles. The smallest absolute Gasteiger partial charge is 0.227 e. The molecule has 0 radical (unpaired) electrons. The molecule has 1 aliphatic heterocycles. The molecule has 3 rings (SSSR count). The van der Waals surface area contributed by atoms with Crippen molar-refractivity contribution in [3.63, 3.8) is 0 Å². The second-order valence-electron chi connectivity index (χ2n) is 4.65. The molecule has 1 fully saturated rings. The van der Waals surface area contributed by atoms with E-state index < -0.39 is 0 Å². The molecule has 1 N–H and O–H groups in total. The summed E-state index contributed by atoms with van der Waals surface area (Å²) in [5.41, 5.74) is 1.93. The van der Waals surface area contributed by atoms with Gasteiger partial charge in [-0.3, -0.25) is 4.79 Å². The van der Waals surface area contributed by atoms with Crippen molar-refractivity contribution < 1.29 is 9.53 Å². The first-order chi connectivity index (χ1) is 9.25. The van der Waals surface area contributed by atoms with Gasteiger partial charge in [0.15, 0.2) is 0 Å². The normalized spacial score (nSPS) is 15.9. The number of nitrogens with zero attached hydrogens (tertiary/aromatic N) is 1. The Morgan fingerprint density at radius 2 is 2.16 bits per heavy atom. The highest BCUT2D eigenvalue weighted by Gasteiger charge is 2.19. The summed E-state index contributed by atoms with van der Waals surface area (Å²) in [5, 5.41) is 1.63.